The number of sulfone groups is 1. The molecule has 0 fully saturated rings. The van der Waals surface area contributed by atoms with Gasteiger partial charge in [0.2, 0.25) is 0 Å². The first kappa shape index (κ1) is 15.8. The van der Waals surface area contributed by atoms with Gasteiger partial charge >= 0.3 is 0 Å². The Morgan fingerprint density at radius 3 is 2.14 bits per heavy atom. The Labute approximate surface area is 127 Å². The molecule has 0 heterocycles. The molecule has 7 nitrogen and oxygen atoms in total. The summed E-state index contributed by atoms with van der Waals surface area (Å²) in [6.45, 7) is 0. The van der Waals surface area contributed by atoms with Crippen LogP contribution in [0.1, 0.15) is 0 Å². The van der Waals surface area contributed by atoms with Crippen LogP contribution in [0.2, 0.25) is 0 Å². The lowest BCUT2D eigenvalue weighted by molar-refractivity contribution is -0.384. The average molecular weight is 323 g/mol. The van der Waals surface area contributed by atoms with Crippen molar-refractivity contribution in [2.75, 3.05) is 13.4 Å². The van der Waals surface area contributed by atoms with E-state index in [1.807, 2.05) is 0 Å². The van der Waals surface area contributed by atoms with Gasteiger partial charge in [-0.15, -0.1) is 0 Å². The maximum atomic E-state index is 11.7. The number of non-ortho nitro benzene ring substituents is 1. The van der Waals surface area contributed by atoms with Gasteiger partial charge in [0.15, 0.2) is 9.84 Å². The molecule has 0 bridgehead atoms. The van der Waals surface area contributed by atoms with Crippen molar-refractivity contribution in [3.8, 4) is 17.2 Å². The van der Waals surface area contributed by atoms with E-state index in [2.05, 4.69) is 0 Å². The summed E-state index contributed by atoms with van der Waals surface area (Å²) in [6, 6.07) is 9.85. The summed E-state index contributed by atoms with van der Waals surface area (Å²) in [5.74, 6) is 0.865. The number of rotatable bonds is 5. The fourth-order valence-corrected chi connectivity index (χ4v) is 2.63. The summed E-state index contributed by atoms with van der Waals surface area (Å²) in [4.78, 5) is 10.1. The molecule has 8 heteroatoms. The summed E-state index contributed by atoms with van der Waals surface area (Å²) in [6.07, 6.45) is 1.07. The maximum Gasteiger partial charge on any atom is 0.269 e. The predicted molar refractivity (Wildman–Crippen MR) is 79.3 cm³/mol. The molecule has 0 aliphatic rings. The van der Waals surface area contributed by atoms with E-state index in [1.165, 1.54) is 43.5 Å². The Bertz CT molecular complexity index is 799. The lowest BCUT2D eigenvalue weighted by Crippen LogP contribution is -2.01. The quantitative estimate of drug-likeness (QED) is 0.620. The average Bonchev–Trinajstić information content (AvgIpc) is 2.47. The Balaban J connectivity index is 2.32. The van der Waals surface area contributed by atoms with Crippen LogP contribution in [0.4, 0.5) is 5.69 Å². The Kier molecular flexibility index (Phi) is 4.32. The van der Waals surface area contributed by atoms with E-state index < -0.39 is 14.8 Å². The van der Waals surface area contributed by atoms with E-state index in [0.29, 0.717) is 5.75 Å². The molecule has 0 aliphatic heterocycles. The molecule has 116 valence electrons. The monoisotopic (exact) mass is 323 g/mol. The largest absolute Gasteiger partial charge is 0.495 e. The Morgan fingerprint density at radius 1 is 1.05 bits per heavy atom. The number of benzene rings is 2. The van der Waals surface area contributed by atoms with Crippen molar-refractivity contribution in [2.45, 2.75) is 4.90 Å². The lowest BCUT2D eigenvalue weighted by atomic mass is 10.3. The molecule has 0 atom stereocenters. The van der Waals surface area contributed by atoms with Gasteiger partial charge in [-0.3, -0.25) is 10.1 Å². The number of hydrogen-bond donors (Lipinski definition) is 0. The molecule has 0 aromatic heterocycles. The van der Waals surface area contributed by atoms with E-state index in [9.17, 15) is 18.5 Å². The summed E-state index contributed by atoms with van der Waals surface area (Å²) in [7, 11) is -2.10. The van der Waals surface area contributed by atoms with Gasteiger partial charge in [0, 0.05) is 24.5 Å². The van der Waals surface area contributed by atoms with Crippen LogP contribution in [0, 0.1) is 10.1 Å². The molecule has 2 rings (SSSR count). The van der Waals surface area contributed by atoms with Gasteiger partial charge in [0.05, 0.1) is 12.0 Å². The van der Waals surface area contributed by atoms with Crippen LogP contribution in [0.5, 0.6) is 17.2 Å². The van der Waals surface area contributed by atoms with Crippen molar-refractivity contribution in [3.05, 3.63) is 52.6 Å². The van der Waals surface area contributed by atoms with Gasteiger partial charge in [-0.2, -0.15) is 0 Å². The van der Waals surface area contributed by atoms with E-state index >= 15 is 0 Å². The van der Waals surface area contributed by atoms with Gasteiger partial charge in [-0.05, 0) is 24.3 Å². The molecule has 2 aromatic rings. The lowest BCUT2D eigenvalue weighted by Gasteiger charge is -2.10. The standard InChI is InChI=1S/C14H13NO6S/c1-20-13-8-7-12(9-14(13)22(2,18)19)21-11-5-3-10(4-6-11)15(16)17/h3-9H,1-2H3. The third-order valence-electron chi connectivity index (χ3n) is 2.82. The predicted octanol–water partition coefficient (Wildman–Crippen LogP) is 2.80. The molecular weight excluding hydrogens is 310 g/mol. The van der Waals surface area contributed by atoms with Crippen molar-refractivity contribution >= 4 is 15.5 Å². The number of methoxy groups -OCH3 is 1. The van der Waals surface area contributed by atoms with Gasteiger partial charge in [0.1, 0.15) is 22.1 Å². The summed E-state index contributed by atoms with van der Waals surface area (Å²) in [5, 5.41) is 10.6. The topological polar surface area (TPSA) is 95.7 Å². The highest BCUT2D eigenvalue weighted by Crippen LogP contribution is 2.31. The molecule has 0 spiro atoms. The number of hydrogen-bond acceptors (Lipinski definition) is 6. The Hall–Kier alpha value is -2.61. The van der Waals surface area contributed by atoms with Crippen LogP contribution >= 0.6 is 0 Å². The van der Waals surface area contributed by atoms with Crippen LogP contribution in [0.25, 0.3) is 0 Å². The van der Waals surface area contributed by atoms with E-state index in [0.717, 1.165) is 6.26 Å². The fourth-order valence-electron chi connectivity index (χ4n) is 1.78. The van der Waals surface area contributed by atoms with Crippen molar-refractivity contribution in [1.29, 1.82) is 0 Å². The molecule has 22 heavy (non-hydrogen) atoms. The first-order valence-electron chi connectivity index (χ1n) is 6.11. The van der Waals surface area contributed by atoms with E-state index in [-0.39, 0.29) is 22.1 Å². The first-order valence-corrected chi connectivity index (χ1v) is 8.01. The highest BCUT2D eigenvalue weighted by molar-refractivity contribution is 7.90. The number of nitro benzene ring substituents is 1. The van der Waals surface area contributed by atoms with Gasteiger partial charge < -0.3 is 9.47 Å². The van der Waals surface area contributed by atoms with Gasteiger partial charge in [0.25, 0.3) is 5.69 Å². The molecule has 0 saturated carbocycles. The molecule has 0 aliphatic carbocycles. The maximum absolute atomic E-state index is 11.7. The molecule has 0 saturated heterocycles. The summed E-state index contributed by atoms with van der Waals surface area (Å²) < 4.78 is 34.0. The SMILES string of the molecule is COc1ccc(Oc2ccc([N+](=O)[O-])cc2)cc1S(C)(=O)=O. The molecule has 0 unspecified atom stereocenters. The van der Waals surface area contributed by atoms with Crippen LogP contribution in [0.15, 0.2) is 47.4 Å². The fraction of sp³-hybridized carbons (Fsp3) is 0.143. The number of nitrogens with zero attached hydrogens (tertiary/aromatic N) is 1. The zero-order valence-corrected chi connectivity index (χ0v) is 12.7. The summed E-state index contributed by atoms with van der Waals surface area (Å²) >= 11 is 0. The van der Waals surface area contributed by atoms with Crippen LogP contribution in [-0.4, -0.2) is 26.7 Å². The number of ether oxygens (including phenoxy) is 2. The molecule has 2 aromatic carbocycles. The van der Waals surface area contributed by atoms with Gasteiger partial charge in [-0.1, -0.05) is 0 Å². The van der Waals surface area contributed by atoms with Crippen molar-refractivity contribution in [3.63, 3.8) is 0 Å². The number of nitro groups is 1. The summed E-state index contributed by atoms with van der Waals surface area (Å²) in [5.41, 5.74) is -0.0566. The normalized spacial score (nSPS) is 11.0. The molecule has 0 N–H and O–H groups in total. The zero-order valence-electron chi connectivity index (χ0n) is 11.8. The second-order valence-corrected chi connectivity index (χ2v) is 6.42. The third kappa shape index (κ3) is 3.53. The highest BCUT2D eigenvalue weighted by Gasteiger charge is 2.16. The van der Waals surface area contributed by atoms with Gasteiger partial charge in [-0.25, -0.2) is 8.42 Å². The van der Waals surface area contributed by atoms with E-state index in [1.54, 1.807) is 6.07 Å². The van der Waals surface area contributed by atoms with E-state index in [4.69, 9.17) is 9.47 Å². The minimum absolute atomic E-state index is 0.00871. The van der Waals surface area contributed by atoms with Crippen LogP contribution in [0.3, 0.4) is 0 Å². The zero-order chi connectivity index (χ0) is 16.3. The minimum Gasteiger partial charge on any atom is -0.495 e. The van der Waals surface area contributed by atoms with Crippen LogP contribution in [-0.2, 0) is 9.84 Å². The highest BCUT2D eigenvalue weighted by atomic mass is 32.2. The second-order valence-electron chi connectivity index (χ2n) is 4.44. The molecular formula is C14H13NO6S. The van der Waals surface area contributed by atoms with Crippen molar-refractivity contribution in [1.82, 2.24) is 0 Å². The Morgan fingerprint density at radius 2 is 1.64 bits per heavy atom. The van der Waals surface area contributed by atoms with Crippen molar-refractivity contribution in [2.24, 2.45) is 0 Å². The minimum atomic E-state index is -3.47. The molecule has 0 radical (unpaired) electrons. The molecule has 0 amide bonds. The van der Waals surface area contributed by atoms with Crippen LogP contribution < -0.4 is 9.47 Å². The third-order valence-corrected chi connectivity index (χ3v) is 3.94. The van der Waals surface area contributed by atoms with Crippen molar-refractivity contribution < 1.29 is 22.8 Å². The smallest absolute Gasteiger partial charge is 0.269 e. The second kappa shape index (κ2) is 6.02. The first-order chi connectivity index (χ1) is 10.3.